The molecular weight excluding hydrogens is 326 g/mol. The Balaban J connectivity index is 1.89. The number of hydrogen-bond acceptors (Lipinski definition) is 3. The number of carbonyl (C=O) groups is 2. The zero-order chi connectivity index (χ0) is 14.3. The van der Waals surface area contributed by atoms with Crippen LogP contribution in [-0.2, 0) is 0 Å². The summed E-state index contributed by atoms with van der Waals surface area (Å²) in [6, 6.07) is 5.23. The minimum absolute atomic E-state index is 0.0256. The SMILES string of the molecule is O=C(O)c1ccc(Br)cc1N1CCN2C(=O)NCC2C1. The van der Waals surface area contributed by atoms with Crippen molar-refractivity contribution in [1.29, 1.82) is 0 Å². The van der Waals surface area contributed by atoms with E-state index >= 15 is 0 Å². The van der Waals surface area contributed by atoms with Gasteiger partial charge in [-0.3, -0.25) is 0 Å². The van der Waals surface area contributed by atoms with E-state index in [4.69, 9.17) is 0 Å². The van der Waals surface area contributed by atoms with Crippen LogP contribution in [0.15, 0.2) is 22.7 Å². The van der Waals surface area contributed by atoms with Crippen LogP contribution in [0.5, 0.6) is 0 Å². The number of fused-ring (bicyclic) bond motifs is 1. The Hall–Kier alpha value is -1.76. The quantitative estimate of drug-likeness (QED) is 0.853. The number of anilines is 1. The van der Waals surface area contributed by atoms with Gasteiger partial charge in [-0.1, -0.05) is 15.9 Å². The number of nitrogens with zero attached hydrogens (tertiary/aromatic N) is 2. The van der Waals surface area contributed by atoms with Crippen LogP contribution in [0.25, 0.3) is 0 Å². The fraction of sp³-hybridized carbons (Fsp3) is 0.385. The monoisotopic (exact) mass is 339 g/mol. The number of carboxylic acid groups (broad SMARTS) is 1. The van der Waals surface area contributed by atoms with Crippen LogP contribution in [0.4, 0.5) is 10.5 Å². The maximum atomic E-state index is 11.6. The number of urea groups is 1. The first-order valence-electron chi connectivity index (χ1n) is 6.38. The molecule has 0 radical (unpaired) electrons. The molecule has 1 aromatic carbocycles. The molecule has 6 nitrogen and oxygen atoms in total. The molecule has 1 unspecified atom stereocenters. The van der Waals surface area contributed by atoms with Crippen molar-refractivity contribution in [2.24, 2.45) is 0 Å². The summed E-state index contributed by atoms with van der Waals surface area (Å²) in [6.07, 6.45) is 0. The maximum absolute atomic E-state index is 11.6. The molecule has 0 bridgehead atoms. The second kappa shape index (κ2) is 4.97. The molecular formula is C13H14BrN3O3. The van der Waals surface area contributed by atoms with E-state index in [1.165, 1.54) is 0 Å². The molecule has 106 valence electrons. The zero-order valence-corrected chi connectivity index (χ0v) is 12.3. The van der Waals surface area contributed by atoms with E-state index in [1.807, 2.05) is 15.9 Å². The van der Waals surface area contributed by atoms with Crippen molar-refractivity contribution in [3.63, 3.8) is 0 Å². The van der Waals surface area contributed by atoms with E-state index in [1.54, 1.807) is 12.1 Å². The van der Waals surface area contributed by atoms with Gasteiger partial charge in [-0.15, -0.1) is 0 Å². The molecule has 2 N–H and O–H groups in total. The Kier molecular flexibility index (Phi) is 3.29. The molecule has 2 fully saturated rings. The van der Waals surface area contributed by atoms with E-state index in [0.717, 1.165) is 4.47 Å². The number of hydrogen-bond donors (Lipinski definition) is 2. The predicted molar refractivity (Wildman–Crippen MR) is 77.2 cm³/mol. The molecule has 0 aliphatic carbocycles. The van der Waals surface area contributed by atoms with Gasteiger partial charge in [0.2, 0.25) is 0 Å². The van der Waals surface area contributed by atoms with Crippen molar-refractivity contribution in [2.75, 3.05) is 31.1 Å². The zero-order valence-electron chi connectivity index (χ0n) is 10.7. The number of halogens is 1. The summed E-state index contributed by atoms with van der Waals surface area (Å²) in [5, 5.41) is 12.1. The number of piperazine rings is 1. The summed E-state index contributed by atoms with van der Waals surface area (Å²) in [7, 11) is 0. The highest BCUT2D eigenvalue weighted by Crippen LogP contribution is 2.28. The Labute approximate surface area is 124 Å². The van der Waals surface area contributed by atoms with Crippen LogP contribution < -0.4 is 10.2 Å². The van der Waals surface area contributed by atoms with Gasteiger partial charge in [0.05, 0.1) is 17.3 Å². The summed E-state index contributed by atoms with van der Waals surface area (Å²) >= 11 is 3.38. The van der Waals surface area contributed by atoms with Crippen molar-refractivity contribution in [3.05, 3.63) is 28.2 Å². The van der Waals surface area contributed by atoms with E-state index in [9.17, 15) is 14.7 Å². The summed E-state index contributed by atoms with van der Waals surface area (Å²) in [6.45, 7) is 2.52. The van der Waals surface area contributed by atoms with Gasteiger partial charge in [0, 0.05) is 30.7 Å². The highest BCUT2D eigenvalue weighted by atomic mass is 79.9. The molecule has 0 saturated carbocycles. The van der Waals surface area contributed by atoms with Crippen LogP contribution in [0.3, 0.4) is 0 Å². The second-order valence-corrected chi connectivity index (χ2v) is 5.86. The first-order valence-corrected chi connectivity index (χ1v) is 7.18. The van der Waals surface area contributed by atoms with Crippen molar-refractivity contribution in [2.45, 2.75) is 6.04 Å². The lowest BCUT2D eigenvalue weighted by Gasteiger charge is -2.38. The summed E-state index contributed by atoms with van der Waals surface area (Å²) < 4.78 is 0.848. The fourth-order valence-electron chi connectivity index (χ4n) is 2.77. The molecule has 0 spiro atoms. The summed E-state index contributed by atoms with van der Waals surface area (Å²) in [5.41, 5.74) is 0.991. The number of nitrogens with one attached hydrogen (secondary N) is 1. The molecule has 0 aromatic heterocycles. The van der Waals surface area contributed by atoms with Gasteiger partial charge in [-0.2, -0.15) is 0 Å². The van der Waals surface area contributed by atoms with Crippen LogP contribution >= 0.6 is 15.9 Å². The number of carboxylic acids is 1. The molecule has 3 rings (SSSR count). The van der Waals surface area contributed by atoms with Gasteiger partial charge in [-0.05, 0) is 18.2 Å². The van der Waals surface area contributed by atoms with Crippen molar-refractivity contribution in [3.8, 4) is 0 Å². The Morgan fingerprint density at radius 2 is 2.20 bits per heavy atom. The number of rotatable bonds is 2. The molecule has 2 saturated heterocycles. The molecule has 1 atom stereocenters. The minimum atomic E-state index is -0.935. The Morgan fingerprint density at radius 1 is 1.40 bits per heavy atom. The smallest absolute Gasteiger partial charge is 0.337 e. The van der Waals surface area contributed by atoms with E-state index in [0.29, 0.717) is 37.4 Å². The van der Waals surface area contributed by atoms with Gasteiger partial charge >= 0.3 is 12.0 Å². The van der Waals surface area contributed by atoms with E-state index < -0.39 is 5.97 Å². The Morgan fingerprint density at radius 3 is 2.95 bits per heavy atom. The largest absolute Gasteiger partial charge is 0.478 e. The predicted octanol–water partition coefficient (Wildman–Crippen LogP) is 1.36. The molecule has 1 aromatic rings. The molecule has 2 aliphatic heterocycles. The van der Waals surface area contributed by atoms with Gasteiger partial charge in [0.15, 0.2) is 0 Å². The number of aromatic carboxylic acids is 1. The van der Waals surface area contributed by atoms with Crippen molar-refractivity contribution in [1.82, 2.24) is 10.2 Å². The molecule has 7 heteroatoms. The summed E-state index contributed by atoms with van der Waals surface area (Å²) in [4.78, 5) is 26.8. The number of amides is 2. The third kappa shape index (κ3) is 2.22. The van der Waals surface area contributed by atoms with Crippen molar-refractivity contribution >= 4 is 33.6 Å². The first kappa shape index (κ1) is 13.2. The first-order chi connectivity index (χ1) is 9.56. The fourth-order valence-corrected chi connectivity index (χ4v) is 3.12. The minimum Gasteiger partial charge on any atom is -0.478 e. The third-order valence-corrected chi connectivity index (χ3v) is 4.26. The van der Waals surface area contributed by atoms with Gasteiger partial charge in [0.1, 0.15) is 0 Å². The van der Waals surface area contributed by atoms with E-state index in [2.05, 4.69) is 21.2 Å². The van der Waals surface area contributed by atoms with Gasteiger partial charge in [0.25, 0.3) is 0 Å². The van der Waals surface area contributed by atoms with Crippen LogP contribution in [0, 0.1) is 0 Å². The van der Waals surface area contributed by atoms with Crippen LogP contribution in [0.1, 0.15) is 10.4 Å². The number of carbonyl (C=O) groups excluding carboxylic acids is 1. The standard InChI is InChI=1S/C13H14BrN3O3/c14-8-1-2-10(12(18)19)11(5-8)16-3-4-17-9(7-16)6-15-13(17)20/h1-2,5,9H,3-4,6-7H2,(H,15,20)(H,18,19). The lowest BCUT2D eigenvalue weighted by atomic mass is 10.1. The van der Waals surface area contributed by atoms with Crippen molar-refractivity contribution < 1.29 is 14.7 Å². The lowest BCUT2D eigenvalue weighted by Crippen LogP contribution is -2.52. The lowest BCUT2D eigenvalue weighted by molar-refractivity contribution is 0.0697. The highest BCUT2D eigenvalue weighted by Gasteiger charge is 2.36. The Bertz CT molecular complexity index is 578. The van der Waals surface area contributed by atoms with Crippen LogP contribution in [0.2, 0.25) is 0 Å². The molecule has 2 aliphatic rings. The topological polar surface area (TPSA) is 72.9 Å². The highest BCUT2D eigenvalue weighted by molar-refractivity contribution is 9.10. The third-order valence-electron chi connectivity index (χ3n) is 3.76. The van der Waals surface area contributed by atoms with Gasteiger partial charge < -0.3 is 20.2 Å². The normalized spacial score (nSPS) is 21.6. The average Bonchev–Trinajstić information content (AvgIpc) is 2.79. The average molecular weight is 340 g/mol. The molecule has 20 heavy (non-hydrogen) atoms. The molecule has 2 amide bonds. The second-order valence-electron chi connectivity index (χ2n) is 4.95. The van der Waals surface area contributed by atoms with Gasteiger partial charge in [-0.25, -0.2) is 9.59 Å². The number of benzene rings is 1. The van der Waals surface area contributed by atoms with E-state index in [-0.39, 0.29) is 12.1 Å². The maximum Gasteiger partial charge on any atom is 0.337 e. The van der Waals surface area contributed by atoms with Crippen LogP contribution in [-0.4, -0.2) is 54.2 Å². The summed E-state index contributed by atoms with van der Waals surface area (Å²) in [5.74, 6) is -0.935. The molecule has 2 heterocycles.